The topological polar surface area (TPSA) is 65.2 Å². The molecule has 2 N–H and O–H groups in total. The Morgan fingerprint density at radius 2 is 2.12 bits per heavy atom. The van der Waals surface area contributed by atoms with E-state index in [0.717, 1.165) is 18.5 Å². The van der Waals surface area contributed by atoms with Crippen LogP contribution >= 0.6 is 0 Å². The minimum Gasteiger partial charge on any atom is -0.489 e. The second kappa shape index (κ2) is 4.02. The summed E-state index contributed by atoms with van der Waals surface area (Å²) in [6.45, 7) is 6.21. The maximum Gasteiger partial charge on any atom is 0.254 e. The number of aromatic nitrogens is 1. The molecule has 0 radical (unpaired) electrons. The number of primary amides is 1. The highest BCUT2D eigenvalue weighted by atomic mass is 16.5. The van der Waals surface area contributed by atoms with Crippen LogP contribution in [0.3, 0.4) is 0 Å². The average Bonchev–Trinajstić information content (AvgIpc) is 2.99. The van der Waals surface area contributed by atoms with Gasteiger partial charge in [0.15, 0.2) is 0 Å². The first-order valence-electron chi connectivity index (χ1n) is 5.85. The Labute approximate surface area is 101 Å². The second-order valence-corrected chi connectivity index (χ2v) is 5.50. The zero-order valence-electron chi connectivity index (χ0n) is 10.5. The van der Waals surface area contributed by atoms with Gasteiger partial charge in [-0.25, -0.2) is 0 Å². The molecule has 2 rings (SSSR count). The van der Waals surface area contributed by atoms with Crippen molar-refractivity contribution < 1.29 is 9.53 Å². The molecular formula is C13H18N2O2. The summed E-state index contributed by atoms with van der Waals surface area (Å²) in [5, 5.41) is 0. The van der Waals surface area contributed by atoms with Crippen LogP contribution in [-0.2, 0) is 5.41 Å². The number of rotatable bonds is 3. The Balaban J connectivity index is 2.38. The molecule has 0 aliphatic heterocycles. The van der Waals surface area contributed by atoms with Crippen LogP contribution in [-0.4, -0.2) is 17.0 Å². The largest absolute Gasteiger partial charge is 0.489 e. The fourth-order valence-corrected chi connectivity index (χ4v) is 1.50. The van der Waals surface area contributed by atoms with Gasteiger partial charge in [0.2, 0.25) is 0 Å². The van der Waals surface area contributed by atoms with E-state index in [1.807, 2.05) is 6.07 Å². The van der Waals surface area contributed by atoms with Gasteiger partial charge in [-0.15, -0.1) is 0 Å². The normalized spacial score (nSPS) is 15.7. The van der Waals surface area contributed by atoms with Gasteiger partial charge in [0.05, 0.1) is 11.7 Å². The van der Waals surface area contributed by atoms with Gasteiger partial charge in [-0.2, -0.15) is 0 Å². The smallest absolute Gasteiger partial charge is 0.254 e. The number of hydrogen-bond donors (Lipinski definition) is 1. The Morgan fingerprint density at radius 3 is 2.59 bits per heavy atom. The quantitative estimate of drug-likeness (QED) is 0.870. The number of nitrogens with two attached hydrogens (primary N) is 1. The first-order chi connectivity index (χ1) is 7.88. The number of amides is 1. The Kier molecular flexibility index (Phi) is 2.81. The van der Waals surface area contributed by atoms with Crippen LogP contribution in [0.25, 0.3) is 0 Å². The lowest BCUT2D eigenvalue weighted by Gasteiger charge is -2.19. The summed E-state index contributed by atoms with van der Waals surface area (Å²) in [5.41, 5.74) is 6.51. The minimum absolute atomic E-state index is 0.0716. The zero-order valence-corrected chi connectivity index (χ0v) is 10.5. The van der Waals surface area contributed by atoms with Crippen molar-refractivity contribution in [3.8, 4) is 5.75 Å². The SMILES string of the molecule is CC(C)(C)c1cc(OC2CC2)c(C(N)=O)cn1. The number of nitrogens with zero attached hydrogens (tertiary/aromatic N) is 1. The third-order valence-electron chi connectivity index (χ3n) is 2.72. The van der Waals surface area contributed by atoms with Gasteiger partial charge < -0.3 is 10.5 Å². The van der Waals surface area contributed by atoms with Gasteiger partial charge in [0.1, 0.15) is 5.75 Å². The maximum atomic E-state index is 11.3. The molecule has 4 nitrogen and oxygen atoms in total. The Hall–Kier alpha value is -1.58. The molecule has 0 bridgehead atoms. The summed E-state index contributed by atoms with van der Waals surface area (Å²) in [7, 11) is 0. The number of hydrogen-bond acceptors (Lipinski definition) is 3. The lowest BCUT2D eigenvalue weighted by molar-refractivity contribution is 0.0995. The van der Waals surface area contributed by atoms with Gasteiger partial charge in [0.25, 0.3) is 5.91 Å². The lowest BCUT2D eigenvalue weighted by atomic mass is 9.91. The van der Waals surface area contributed by atoms with Crippen LogP contribution in [0.2, 0.25) is 0 Å². The number of ether oxygens (including phenoxy) is 1. The molecule has 1 aromatic heterocycles. The highest BCUT2D eigenvalue weighted by molar-refractivity contribution is 5.95. The van der Waals surface area contributed by atoms with E-state index in [1.165, 1.54) is 6.20 Å². The average molecular weight is 234 g/mol. The molecular weight excluding hydrogens is 216 g/mol. The van der Waals surface area contributed by atoms with E-state index in [2.05, 4.69) is 25.8 Å². The van der Waals surface area contributed by atoms with E-state index in [9.17, 15) is 4.79 Å². The first-order valence-corrected chi connectivity index (χ1v) is 5.85. The van der Waals surface area contributed by atoms with Crippen LogP contribution < -0.4 is 10.5 Å². The van der Waals surface area contributed by atoms with Crippen molar-refractivity contribution in [2.75, 3.05) is 0 Å². The summed E-state index contributed by atoms with van der Waals surface area (Å²) in [5.74, 6) is 0.0773. The van der Waals surface area contributed by atoms with Gasteiger partial charge in [-0.1, -0.05) is 20.8 Å². The summed E-state index contributed by atoms with van der Waals surface area (Å²) in [4.78, 5) is 15.6. The lowest BCUT2D eigenvalue weighted by Crippen LogP contribution is -2.18. The van der Waals surface area contributed by atoms with Crippen molar-refractivity contribution in [3.05, 3.63) is 23.5 Å². The second-order valence-electron chi connectivity index (χ2n) is 5.50. The highest BCUT2D eigenvalue weighted by Crippen LogP contribution is 2.31. The van der Waals surface area contributed by atoms with Crippen LogP contribution in [0.1, 0.15) is 49.7 Å². The molecule has 17 heavy (non-hydrogen) atoms. The molecule has 0 unspecified atom stereocenters. The summed E-state index contributed by atoms with van der Waals surface area (Å²) >= 11 is 0. The molecule has 0 saturated heterocycles. The summed E-state index contributed by atoms with van der Waals surface area (Å²) in [6, 6.07) is 1.83. The molecule has 1 saturated carbocycles. The number of pyridine rings is 1. The van der Waals surface area contributed by atoms with E-state index < -0.39 is 5.91 Å². The Bertz CT molecular complexity index is 445. The monoisotopic (exact) mass is 234 g/mol. The van der Waals surface area contributed by atoms with Gasteiger partial charge >= 0.3 is 0 Å². The summed E-state index contributed by atoms with van der Waals surface area (Å²) in [6.07, 6.45) is 3.85. The molecule has 0 spiro atoms. The molecule has 0 aromatic carbocycles. The van der Waals surface area contributed by atoms with Crippen LogP contribution in [0, 0.1) is 0 Å². The zero-order chi connectivity index (χ0) is 12.6. The van der Waals surface area contributed by atoms with E-state index in [-0.39, 0.29) is 11.5 Å². The number of carbonyl (C=O) groups excluding carboxylic acids is 1. The first kappa shape index (κ1) is 11.9. The fourth-order valence-electron chi connectivity index (χ4n) is 1.50. The maximum absolute atomic E-state index is 11.3. The highest BCUT2D eigenvalue weighted by Gasteiger charge is 2.27. The number of carbonyl (C=O) groups is 1. The van der Waals surface area contributed by atoms with E-state index >= 15 is 0 Å². The van der Waals surface area contributed by atoms with Crippen LogP contribution in [0.4, 0.5) is 0 Å². The van der Waals surface area contributed by atoms with Crippen LogP contribution in [0.15, 0.2) is 12.3 Å². The molecule has 1 aliphatic carbocycles. The Morgan fingerprint density at radius 1 is 1.47 bits per heavy atom. The van der Waals surface area contributed by atoms with E-state index in [1.54, 1.807) is 0 Å². The molecule has 1 aliphatic rings. The van der Waals surface area contributed by atoms with Crippen molar-refractivity contribution in [1.82, 2.24) is 4.98 Å². The van der Waals surface area contributed by atoms with Crippen molar-refractivity contribution in [1.29, 1.82) is 0 Å². The van der Waals surface area contributed by atoms with E-state index in [0.29, 0.717) is 11.3 Å². The standard InChI is InChI=1S/C13H18N2O2/c1-13(2,3)11-6-10(17-8-4-5-8)9(7-15-11)12(14)16/h6-8H,4-5H2,1-3H3,(H2,14,16). The molecule has 0 atom stereocenters. The van der Waals surface area contributed by atoms with Crippen molar-refractivity contribution in [3.63, 3.8) is 0 Å². The summed E-state index contributed by atoms with van der Waals surface area (Å²) < 4.78 is 5.71. The van der Waals surface area contributed by atoms with Gasteiger partial charge in [-0.3, -0.25) is 9.78 Å². The third-order valence-corrected chi connectivity index (χ3v) is 2.72. The molecule has 92 valence electrons. The van der Waals surface area contributed by atoms with E-state index in [4.69, 9.17) is 10.5 Å². The van der Waals surface area contributed by atoms with Crippen LogP contribution in [0.5, 0.6) is 5.75 Å². The van der Waals surface area contributed by atoms with Crippen molar-refractivity contribution in [2.45, 2.75) is 45.1 Å². The fraction of sp³-hybridized carbons (Fsp3) is 0.538. The third kappa shape index (κ3) is 2.75. The minimum atomic E-state index is -0.492. The van der Waals surface area contributed by atoms with Gasteiger partial charge in [0, 0.05) is 23.4 Å². The molecule has 1 aromatic rings. The van der Waals surface area contributed by atoms with Crippen molar-refractivity contribution >= 4 is 5.91 Å². The molecule has 1 amide bonds. The molecule has 4 heteroatoms. The molecule has 1 heterocycles. The predicted molar refractivity (Wildman–Crippen MR) is 65.1 cm³/mol. The molecule has 1 fully saturated rings. The van der Waals surface area contributed by atoms with Gasteiger partial charge in [-0.05, 0) is 12.8 Å². The predicted octanol–water partition coefficient (Wildman–Crippen LogP) is 2.02. The van der Waals surface area contributed by atoms with Crippen molar-refractivity contribution in [2.24, 2.45) is 5.73 Å².